The van der Waals surface area contributed by atoms with Crippen LogP contribution in [-0.4, -0.2) is 41.4 Å². The fraction of sp³-hybridized carbons (Fsp3) is 0.455. The second-order valence-corrected chi connectivity index (χ2v) is 5.25. The van der Waals surface area contributed by atoms with Crippen molar-refractivity contribution in [3.8, 4) is 0 Å². The van der Waals surface area contributed by atoms with Gasteiger partial charge in [-0.1, -0.05) is 0 Å². The van der Waals surface area contributed by atoms with Crippen LogP contribution in [0, 0.1) is 6.92 Å². The lowest BCUT2D eigenvalue weighted by atomic mass is 10.3. The number of anilines is 1. The molecule has 2 N–H and O–H groups in total. The maximum atomic E-state index is 8.58. The van der Waals surface area contributed by atoms with Gasteiger partial charge in [0.2, 0.25) is 5.28 Å². The lowest BCUT2D eigenvalue weighted by molar-refractivity contribution is 0.0992. The molecule has 0 saturated heterocycles. The minimum atomic E-state index is 0.0350. The molecule has 2 aromatic rings. The van der Waals surface area contributed by atoms with Crippen molar-refractivity contribution >= 4 is 39.0 Å². The van der Waals surface area contributed by atoms with Crippen molar-refractivity contribution < 1.29 is 9.84 Å². The van der Waals surface area contributed by atoms with Gasteiger partial charge in [0.1, 0.15) is 10.6 Å². The van der Waals surface area contributed by atoms with Gasteiger partial charge in [0.05, 0.1) is 25.2 Å². The molecular weight excluding hydrogens is 274 g/mol. The van der Waals surface area contributed by atoms with Crippen molar-refractivity contribution in [3.63, 3.8) is 0 Å². The maximum absolute atomic E-state index is 8.58. The third-order valence-electron chi connectivity index (χ3n) is 2.26. The number of nitrogens with one attached hydrogen (secondary N) is 1. The fourth-order valence-corrected chi connectivity index (χ4v) is 2.66. The van der Waals surface area contributed by atoms with E-state index < -0.39 is 0 Å². The average Bonchev–Trinajstić information content (AvgIpc) is 2.69. The summed E-state index contributed by atoms with van der Waals surface area (Å²) in [5.74, 6) is 0.724. The molecule has 5 nitrogen and oxygen atoms in total. The molecule has 0 spiro atoms. The van der Waals surface area contributed by atoms with Gasteiger partial charge in [-0.15, -0.1) is 11.3 Å². The Kier molecular flexibility index (Phi) is 4.71. The summed E-state index contributed by atoms with van der Waals surface area (Å²) in [6.45, 7) is 3.52. The van der Waals surface area contributed by atoms with Crippen molar-refractivity contribution in [1.29, 1.82) is 0 Å². The molecule has 2 aromatic heterocycles. The molecule has 18 heavy (non-hydrogen) atoms. The van der Waals surface area contributed by atoms with E-state index in [2.05, 4.69) is 15.3 Å². The second kappa shape index (κ2) is 6.29. The van der Waals surface area contributed by atoms with Crippen LogP contribution in [0.25, 0.3) is 10.2 Å². The zero-order valence-corrected chi connectivity index (χ0v) is 11.5. The van der Waals surface area contributed by atoms with Gasteiger partial charge in [0.15, 0.2) is 0 Å². The van der Waals surface area contributed by atoms with Crippen LogP contribution >= 0.6 is 22.9 Å². The van der Waals surface area contributed by atoms with E-state index in [1.54, 1.807) is 11.3 Å². The number of aliphatic hydroxyl groups excluding tert-OH is 1. The van der Waals surface area contributed by atoms with Crippen LogP contribution in [0.2, 0.25) is 5.28 Å². The van der Waals surface area contributed by atoms with E-state index in [1.165, 1.54) is 4.88 Å². The molecule has 2 heterocycles. The Balaban J connectivity index is 2.07. The molecule has 0 unspecified atom stereocenters. The van der Waals surface area contributed by atoms with E-state index in [0.717, 1.165) is 16.0 Å². The first kappa shape index (κ1) is 13.5. The lowest BCUT2D eigenvalue weighted by Gasteiger charge is -2.07. The van der Waals surface area contributed by atoms with Gasteiger partial charge in [0.25, 0.3) is 0 Å². The molecule has 0 saturated carbocycles. The van der Waals surface area contributed by atoms with Crippen LogP contribution in [0.15, 0.2) is 6.07 Å². The first-order chi connectivity index (χ1) is 8.70. The van der Waals surface area contributed by atoms with Gasteiger partial charge in [-0.2, -0.15) is 0 Å². The van der Waals surface area contributed by atoms with Gasteiger partial charge in [0, 0.05) is 11.4 Å². The van der Waals surface area contributed by atoms with E-state index in [-0.39, 0.29) is 11.9 Å². The monoisotopic (exact) mass is 287 g/mol. The zero-order chi connectivity index (χ0) is 13.0. The van der Waals surface area contributed by atoms with Crippen molar-refractivity contribution in [2.45, 2.75) is 6.92 Å². The molecule has 2 rings (SSSR count). The van der Waals surface area contributed by atoms with Gasteiger partial charge in [-0.25, -0.2) is 9.97 Å². The molecule has 0 atom stereocenters. The standard InChI is InChI=1S/C11H14ClN3O2S/c1-7-6-8-9(13-2-4-17-5-3-16)14-11(12)15-10(8)18-7/h6,16H,2-5H2,1H3,(H,13,14,15). The summed E-state index contributed by atoms with van der Waals surface area (Å²) in [6, 6.07) is 2.03. The van der Waals surface area contributed by atoms with Gasteiger partial charge < -0.3 is 15.2 Å². The molecule has 0 bridgehead atoms. The summed E-state index contributed by atoms with van der Waals surface area (Å²) >= 11 is 7.46. The summed E-state index contributed by atoms with van der Waals surface area (Å²) in [5, 5.41) is 13.0. The van der Waals surface area contributed by atoms with Crippen molar-refractivity contribution in [2.24, 2.45) is 0 Å². The summed E-state index contributed by atoms with van der Waals surface area (Å²) in [4.78, 5) is 10.4. The van der Waals surface area contributed by atoms with Crippen molar-refractivity contribution in [2.75, 3.05) is 31.7 Å². The molecule has 7 heteroatoms. The highest BCUT2D eigenvalue weighted by Crippen LogP contribution is 2.29. The fourth-order valence-electron chi connectivity index (χ4n) is 1.56. The number of hydrogen-bond donors (Lipinski definition) is 2. The van der Waals surface area contributed by atoms with Crippen LogP contribution in [0.4, 0.5) is 5.82 Å². The Morgan fingerprint density at radius 2 is 2.28 bits per heavy atom. The van der Waals surface area contributed by atoms with Gasteiger partial charge in [-0.05, 0) is 24.6 Å². The van der Waals surface area contributed by atoms with Crippen molar-refractivity contribution in [3.05, 3.63) is 16.2 Å². The number of hydrogen-bond acceptors (Lipinski definition) is 6. The summed E-state index contributed by atoms with van der Waals surface area (Å²) in [7, 11) is 0. The third-order valence-corrected chi connectivity index (χ3v) is 3.38. The largest absolute Gasteiger partial charge is 0.394 e. The van der Waals surface area contributed by atoms with Crippen LogP contribution in [0.1, 0.15) is 4.88 Å². The Hall–Kier alpha value is -0.950. The molecule has 0 amide bonds. The van der Waals surface area contributed by atoms with Gasteiger partial charge >= 0.3 is 0 Å². The van der Waals surface area contributed by atoms with Crippen LogP contribution in [-0.2, 0) is 4.74 Å². The molecule has 0 fully saturated rings. The molecule has 0 aliphatic rings. The van der Waals surface area contributed by atoms with E-state index in [0.29, 0.717) is 19.8 Å². The second-order valence-electron chi connectivity index (χ2n) is 3.68. The highest BCUT2D eigenvalue weighted by molar-refractivity contribution is 7.18. The number of fused-ring (bicyclic) bond motifs is 1. The highest BCUT2D eigenvalue weighted by atomic mass is 35.5. The Labute approximate surface area is 114 Å². The SMILES string of the molecule is Cc1cc2c(NCCOCCO)nc(Cl)nc2s1. The zero-order valence-electron chi connectivity index (χ0n) is 9.94. The molecular formula is C11H14ClN3O2S. The first-order valence-electron chi connectivity index (χ1n) is 5.57. The predicted molar refractivity (Wildman–Crippen MR) is 73.6 cm³/mol. The normalized spacial score (nSPS) is 11.1. The number of ether oxygens (including phenoxy) is 1. The van der Waals surface area contributed by atoms with Gasteiger partial charge in [-0.3, -0.25) is 0 Å². The first-order valence-corrected chi connectivity index (χ1v) is 6.76. The molecule has 0 aliphatic heterocycles. The summed E-state index contributed by atoms with van der Waals surface area (Å²) < 4.78 is 5.17. The Bertz CT molecular complexity index is 532. The summed E-state index contributed by atoms with van der Waals surface area (Å²) in [6.07, 6.45) is 0. The minimum Gasteiger partial charge on any atom is -0.394 e. The predicted octanol–water partition coefficient (Wildman–Crippen LogP) is 2.07. The van der Waals surface area contributed by atoms with Crippen LogP contribution in [0.5, 0.6) is 0 Å². The number of nitrogens with zero attached hydrogens (tertiary/aromatic N) is 2. The Morgan fingerprint density at radius 1 is 1.44 bits per heavy atom. The number of thiophene rings is 1. The van der Waals surface area contributed by atoms with Crippen LogP contribution < -0.4 is 5.32 Å². The molecule has 0 aliphatic carbocycles. The number of halogens is 1. The lowest BCUT2D eigenvalue weighted by Crippen LogP contribution is -2.12. The minimum absolute atomic E-state index is 0.0350. The van der Waals surface area contributed by atoms with E-state index in [1.807, 2.05) is 13.0 Å². The maximum Gasteiger partial charge on any atom is 0.225 e. The number of rotatable bonds is 6. The third kappa shape index (κ3) is 3.29. The summed E-state index contributed by atoms with van der Waals surface area (Å²) in [5.41, 5.74) is 0. The highest BCUT2D eigenvalue weighted by Gasteiger charge is 2.09. The topological polar surface area (TPSA) is 67.3 Å². The van der Waals surface area contributed by atoms with Crippen LogP contribution in [0.3, 0.4) is 0 Å². The number of aliphatic hydroxyl groups is 1. The van der Waals surface area contributed by atoms with E-state index >= 15 is 0 Å². The smallest absolute Gasteiger partial charge is 0.225 e. The van der Waals surface area contributed by atoms with Crippen molar-refractivity contribution in [1.82, 2.24) is 9.97 Å². The quantitative estimate of drug-likeness (QED) is 0.629. The average molecular weight is 288 g/mol. The number of aromatic nitrogens is 2. The van der Waals surface area contributed by atoms with E-state index in [9.17, 15) is 0 Å². The Morgan fingerprint density at radius 3 is 3.06 bits per heavy atom. The number of aryl methyl sites for hydroxylation is 1. The molecule has 98 valence electrons. The molecule has 0 aromatic carbocycles. The molecule has 0 radical (unpaired) electrons. The van der Waals surface area contributed by atoms with E-state index in [4.69, 9.17) is 21.4 Å².